The number of hydrogen-bond acceptors (Lipinski definition) is 2. The molecule has 0 aliphatic carbocycles. The normalized spacial score (nSPS) is 12.1. The Morgan fingerprint density at radius 1 is 1.29 bits per heavy atom. The molecule has 0 amide bonds. The summed E-state index contributed by atoms with van der Waals surface area (Å²) in [5.74, 6) is -0.949. The van der Waals surface area contributed by atoms with E-state index >= 15 is 0 Å². The zero-order chi connectivity index (χ0) is 12.6. The van der Waals surface area contributed by atoms with Crippen molar-refractivity contribution < 1.29 is 26.1 Å². The molecule has 9 heteroatoms. The predicted octanol–water partition coefficient (Wildman–Crippen LogP) is 2.10. The van der Waals surface area contributed by atoms with Crippen LogP contribution in [-0.2, 0) is 22.0 Å². The number of rotatable bonds is 2. The molecule has 0 atom stereocenters. The second-order valence-corrected chi connectivity index (χ2v) is 4.89. The molecule has 1 rings (SSSR count). The van der Waals surface area contributed by atoms with E-state index in [1.54, 1.807) is 0 Å². The van der Waals surface area contributed by atoms with Crippen LogP contribution in [0.25, 0.3) is 0 Å². The first kappa shape index (κ1) is 17.2. The molecule has 0 saturated heterocycles. The monoisotopic (exact) mass is 298 g/mol. The van der Waals surface area contributed by atoms with Crippen molar-refractivity contribution in [3.05, 3.63) is 34.3 Å². The zero-order valence-corrected chi connectivity index (χ0v) is 9.20. The van der Waals surface area contributed by atoms with E-state index in [0.29, 0.717) is 6.07 Å². The van der Waals surface area contributed by atoms with Crippen LogP contribution in [0.4, 0.5) is 13.2 Å². The quantitative estimate of drug-likeness (QED) is 0.672. The number of hydrogen-bond donors (Lipinski definition) is 1. The molecule has 0 fully saturated rings. The van der Waals surface area contributed by atoms with Crippen molar-refractivity contribution in [2.45, 2.75) is 11.9 Å². The molecule has 0 aromatic heterocycles. The predicted molar refractivity (Wildman–Crippen MR) is 58.9 cm³/mol. The van der Waals surface area contributed by atoms with E-state index in [0.717, 1.165) is 12.1 Å². The van der Waals surface area contributed by atoms with Gasteiger partial charge < -0.3 is 0 Å². The molecule has 0 aliphatic heterocycles. The molecule has 1 aromatic rings. The van der Waals surface area contributed by atoms with Crippen molar-refractivity contribution in [2.75, 3.05) is 0 Å². The van der Waals surface area contributed by atoms with Crippen LogP contribution >= 0.6 is 11.6 Å². The van der Waals surface area contributed by atoms with Gasteiger partial charge in [-0.05, 0) is 23.8 Å². The van der Waals surface area contributed by atoms with Gasteiger partial charge in [0.1, 0.15) is 5.75 Å². The first-order valence-electron chi connectivity index (χ1n) is 3.90. The molecular weight excluding hydrogens is 292 g/mol. The van der Waals surface area contributed by atoms with Crippen molar-refractivity contribution in [2.24, 2.45) is 0 Å². The van der Waals surface area contributed by atoms with Crippen LogP contribution < -0.4 is 0 Å². The number of alkyl halides is 3. The van der Waals surface area contributed by atoms with Gasteiger partial charge in [0.15, 0.2) is 0 Å². The third-order valence-electron chi connectivity index (χ3n) is 1.71. The summed E-state index contributed by atoms with van der Waals surface area (Å²) < 4.78 is 66.4. The summed E-state index contributed by atoms with van der Waals surface area (Å²) in [5, 5.41) is -0.148. The van der Waals surface area contributed by atoms with Crippen LogP contribution in [0.15, 0.2) is 18.2 Å². The number of halogens is 4. The fourth-order valence-corrected chi connectivity index (χ4v) is 1.95. The van der Waals surface area contributed by atoms with Crippen molar-refractivity contribution in [3.63, 3.8) is 0 Å². The summed E-state index contributed by atoms with van der Waals surface area (Å²) in [5.41, 5.74) is -1.31. The van der Waals surface area contributed by atoms with E-state index < -0.39 is 27.6 Å². The van der Waals surface area contributed by atoms with Crippen LogP contribution in [-0.4, -0.2) is 42.5 Å². The summed E-state index contributed by atoms with van der Waals surface area (Å²) in [4.78, 5) is 0. The summed E-state index contributed by atoms with van der Waals surface area (Å²) in [7, 11) is -4.41. The van der Waals surface area contributed by atoms with Crippen LogP contribution in [0, 0.1) is 0 Å². The summed E-state index contributed by atoms with van der Waals surface area (Å²) in [6.45, 7) is 0. The van der Waals surface area contributed by atoms with Crippen molar-refractivity contribution >= 4 is 51.3 Å². The van der Waals surface area contributed by atoms with Crippen molar-refractivity contribution in [3.8, 4) is 0 Å². The van der Waals surface area contributed by atoms with Gasteiger partial charge in [0.2, 0.25) is 0 Å². The van der Waals surface area contributed by atoms with E-state index in [2.05, 4.69) is 0 Å². The molecule has 1 aromatic carbocycles. The topological polar surface area (TPSA) is 54.4 Å². The molecule has 0 heterocycles. The van der Waals surface area contributed by atoms with Crippen LogP contribution in [0.2, 0.25) is 5.02 Å². The molecular formula is C8H7ClF3NaO3S. The molecule has 17 heavy (non-hydrogen) atoms. The molecule has 0 aliphatic rings. The van der Waals surface area contributed by atoms with Crippen LogP contribution in [0.5, 0.6) is 0 Å². The summed E-state index contributed by atoms with van der Waals surface area (Å²) >= 11 is 5.51. The Bertz CT molecular complexity index is 501. The van der Waals surface area contributed by atoms with Gasteiger partial charge in [-0.15, -0.1) is 0 Å². The number of benzene rings is 1. The minimum atomic E-state index is -4.58. The van der Waals surface area contributed by atoms with Crippen LogP contribution in [0.3, 0.4) is 0 Å². The molecule has 0 radical (unpaired) electrons. The fourth-order valence-electron chi connectivity index (χ4n) is 1.06. The Labute approximate surface area is 123 Å². The Balaban J connectivity index is 0.00000256. The molecule has 0 unspecified atom stereocenters. The SMILES string of the molecule is O=S(=O)(O)Cc1cc(C(F)(F)F)ccc1Cl.[NaH]. The molecule has 0 spiro atoms. The van der Waals surface area contributed by atoms with Gasteiger partial charge in [-0.2, -0.15) is 21.6 Å². The average Bonchev–Trinajstić information content (AvgIpc) is 2.04. The maximum absolute atomic E-state index is 12.3. The van der Waals surface area contributed by atoms with Gasteiger partial charge in [0.25, 0.3) is 10.1 Å². The van der Waals surface area contributed by atoms with Gasteiger partial charge >= 0.3 is 35.7 Å². The minimum absolute atomic E-state index is 0. The first-order valence-corrected chi connectivity index (χ1v) is 5.89. The van der Waals surface area contributed by atoms with Gasteiger partial charge in [-0.1, -0.05) is 11.6 Å². The van der Waals surface area contributed by atoms with Crippen molar-refractivity contribution in [1.29, 1.82) is 0 Å². The van der Waals surface area contributed by atoms with E-state index in [1.807, 2.05) is 0 Å². The summed E-state index contributed by atoms with van der Waals surface area (Å²) in [6.07, 6.45) is -4.58. The van der Waals surface area contributed by atoms with Gasteiger partial charge in [0, 0.05) is 5.02 Å². The van der Waals surface area contributed by atoms with E-state index in [9.17, 15) is 21.6 Å². The third-order valence-corrected chi connectivity index (χ3v) is 2.76. The molecule has 3 nitrogen and oxygen atoms in total. The third kappa shape index (κ3) is 5.58. The van der Waals surface area contributed by atoms with E-state index in [4.69, 9.17) is 16.2 Å². The molecule has 0 bridgehead atoms. The average molecular weight is 299 g/mol. The molecule has 1 N–H and O–H groups in total. The van der Waals surface area contributed by atoms with E-state index in [-0.39, 0.29) is 40.1 Å². The standard InChI is InChI=1S/C8H6ClF3O3S.Na.H/c9-7-2-1-6(8(10,11)12)3-5(7)4-16(13,14)15;;/h1-3H,4H2,(H,13,14,15);;. The van der Waals surface area contributed by atoms with Gasteiger partial charge in [-0.3, -0.25) is 4.55 Å². The van der Waals surface area contributed by atoms with Crippen LogP contribution in [0.1, 0.15) is 11.1 Å². The Morgan fingerprint density at radius 3 is 2.24 bits per heavy atom. The second kappa shape index (κ2) is 5.90. The first-order chi connectivity index (χ1) is 7.09. The Kier molecular flexibility index (Phi) is 5.97. The second-order valence-electron chi connectivity index (χ2n) is 3.03. The maximum atomic E-state index is 12.3. The fraction of sp³-hybridized carbons (Fsp3) is 0.250. The summed E-state index contributed by atoms with van der Waals surface area (Å²) in [6, 6.07) is 2.26. The Morgan fingerprint density at radius 2 is 1.82 bits per heavy atom. The van der Waals surface area contributed by atoms with Gasteiger partial charge in [-0.25, -0.2) is 0 Å². The zero-order valence-electron chi connectivity index (χ0n) is 7.62. The Hall–Kier alpha value is 0.210. The van der Waals surface area contributed by atoms with E-state index in [1.165, 1.54) is 0 Å². The molecule has 0 saturated carbocycles. The van der Waals surface area contributed by atoms with Crippen molar-refractivity contribution in [1.82, 2.24) is 0 Å². The molecule has 92 valence electrons. The van der Waals surface area contributed by atoms with Gasteiger partial charge in [0.05, 0.1) is 5.56 Å².